The Balaban J connectivity index is 1.45. The number of hydrogen-bond acceptors (Lipinski definition) is 7. The molecule has 2 amide bonds. The van der Waals surface area contributed by atoms with Gasteiger partial charge in [-0.25, -0.2) is 18.7 Å². The van der Waals surface area contributed by atoms with Crippen molar-refractivity contribution in [2.45, 2.75) is 31.2 Å². The van der Waals surface area contributed by atoms with Crippen molar-refractivity contribution >= 4 is 28.7 Å². The second-order valence-electron chi connectivity index (χ2n) is 7.51. The molecule has 5 rings (SSSR count). The summed E-state index contributed by atoms with van der Waals surface area (Å²) in [7, 11) is 0. The zero-order valence-electron chi connectivity index (χ0n) is 15.9. The van der Waals surface area contributed by atoms with Gasteiger partial charge in [-0.15, -0.1) is 0 Å². The zero-order chi connectivity index (χ0) is 20.9. The Morgan fingerprint density at radius 3 is 2.80 bits per heavy atom. The SMILES string of the molecule is O=C(c1cnc2ccccc2n1)N1C(=O)C2C=C1C(N1CCCC(F)(F)CC1)=NN2. The smallest absolute Gasteiger partial charge is 0.285 e. The van der Waals surface area contributed by atoms with E-state index in [1.807, 2.05) is 6.07 Å². The number of carbonyl (C=O) groups is 2. The molecule has 1 aromatic heterocycles. The molecular weight excluding hydrogens is 394 g/mol. The summed E-state index contributed by atoms with van der Waals surface area (Å²) in [5.41, 5.74) is 4.21. The third-order valence-electron chi connectivity index (χ3n) is 5.48. The number of amides is 2. The molecule has 4 heterocycles. The van der Waals surface area contributed by atoms with Crippen LogP contribution in [-0.2, 0) is 4.79 Å². The number of likely N-dealkylation sites (tertiary alicyclic amines) is 1. The van der Waals surface area contributed by atoms with Crippen LogP contribution in [0, 0.1) is 0 Å². The Hall–Kier alpha value is -3.43. The van der Waals surface area contributed by atoms with Gasteiger partial charge in [-0.1, -0.05) is 12.1 Å². The molecule has 0 radical (unpaired) electrons. The number of alkyl halides is 2. The summed E-state index contributed by atoms with van der Waals surface area (Å²) in [5, 5.41) is 4.22. The summed E-state index contributed by atoms with van der Waals surface area (Å²) in [6.07, 6.45) is 2.72. The Morgan fingerprint density at radius 1 is 1.17 bits per heavy atom. The van der Waals surface area contributed by atoms with Gasteiger partial charge in [0.2, 0.25) is 5.92 Å². The summed E-state index contributed by atoms with van der Waals surface area (Å²) < 4.78 is 27.6. The lowest BCUT2D eigenvalue weighted by molar-refractivity contribution is -0.126. The van der Waals surface area contributed by atoms with Crippen LogP contribution >= 0.6 is 0 Å². The van der Waals surface area contributed by atoms with Gasteiger partial charge in [-0.2, -0.15) is 5.10 Å². The summed E-state index contributed by atoms with van der Waals surface area (Å²) in [4.78, 5) is 37.3. The maximum Gasteiger partial charge on any atom is 0.285 e. The molecule has 0 aliphatic carbocycles. The quantitative estimate of drug-likeness (QED) is 0.720. The van der Waals surface area contributed by atoms with Gasteiger partial charge in [0.1, 0.15) is 11.7 Å². The number of rotatable bonds is 1. The van der Waals surface area contributed by atoms with Gasteiger partial charge in [0, 0.05) is 25.9 Å². The molecular formula is C20H18F2N6O2. The molecule has 3 aliphatic rings. The number of imide groups is 1. The van der Waals surface area contributed by atoms with E-state index >= 15 is 0 Å². The number of fused-ring (bicyclic) bond motifs is 2. The molecule has 1 aromatic carbocycles. The van der Waals surface area contributed by atoms with Crippen LogP contribution in [0.15, 0.2) is 47.3 Å². The molecule has 8 nitrogen and oxygen atoms in total. The van der Waals surface area contributed by atoms with Crippen molar-refractivity contribution in [3.63, 3.8) is 0 Å². The van der Waals surface area contributed by atoms with E-state index < -0.39 is 23.8 Å². The van der Waals surface area contributed by atoms with E-state index in [4.69, 9.17) is 0 Å². The van der Waals surface area contributed by atoms with Crippen LogP contribution in [0.4, 0.5) is 8.78 Å². The van der Waals surface area contributed by atoms with E-state index in [2.05, 4.69) is 20.5 Å². The molecule has 3 aliphatic heterocycles. The van der Waals surface area contributed by atoms with Gasteiger partial charge >= 0.3 is 0 Å². The van der Waals surface area contributed by atoms with Crippen molar-refractivity contribution < 1.29 is 18.4 Å². The molecule has 1 fully saturated rings. The number of nitrogens with one attached hydrogen (secondary N) is 1. The average Bonchev–Trinajstić information content (AvgIpc) is 2.86. The number of hydrogen-bond donors (Lipinski definition) is 1. The van der Waals surface area contributed by atoms with Crippen molar-refractivity contribution in [2.24, 2.45) is 5.10 Å². The van der Waals surface area contributed by atoms with Crippen LogP contribution in [-0.4, -0.2) is 62.5 Å². The number of nitrogens with zero attached hydrogens (tertiary/aromatic N) is 5. The minimum Gasteiger partial charge on any atom is -0.353 e. The topological polar surface area (TPSA) is 90.8 Å². The summed E-state index contributed by atoms with van der Waals surface area (Å²) in [6, 6.07) is 6.33. The molecule has 30 heavy (non-hydrogen) atoms. The molecule has 1 N–H and O–H groups in total. The fourth-order valence-electron chi connectivity index (χ4n) is 3.91. The highest BCUT2D eigenvalue weighted by atomic mass is 19.3. The molecule has 154 valence electrons. The second-order valence-corrected chi connectivity index (χ2v) is 7.51. The van der Waals surface area contributed by atoms with Crippen molar-refractivity contribution in [3.8, 4) is 0 Å². The number of para-hydroxylation sites is 2. The number of benzene rings is 1. The van der Waals surface area contributed by atoms with E-state index in [-0.39, 0.29) is 25.1 Å². The van der Waals surface area contributed by atoms with E-state index in [0.717, 1.165) is 4.90 Å². The Morgan fingerprint density at radius 2 is 1.97 bits per heavy atom. The van der Waals surface area contributed by atoms with Crippen molar-refractivity contribution in [2.75, 3.05) is 13.1 Å². The van der Waals surface area contributed by atoms with Gasteiger partial charge in [0.15, 0.2) is 5.84 Å². The molecule has 1 atom stereocenters. The lowest BCUT2D eigenvalue weighted by atomic mass is 10.1. The summed E-state index contributed by atoms with van der Waals surface area (Å²) in [6.45, 7) is 0.450. The highest BCUT2D eigenvalue weighted by Gasteiger charge is 2.44. The van der Waals surface area contributed by atoms with Gasteiger partial charge in [-0.05, 0) is 24.6 Å². The normalized spacial score (nSPS) is 23.0. The number of hydrazone groups is 1. The maximum absolute atomic E-state index is 13.8. The second kappa shape index (κ2) is 6.82. The van der Waals surface area contributed by atoms with Crippen LogP contribution in [0.5, 0.6) is 0 Å². The number of amidine groups is 1. The zero-order valence-corrected chi connectivity index (χ0v) is 15.9. The molecule has 2 aromatic rings. The molecule has 0 saturated carbocycles. The van der Waals surface area contributed by atoms with Gasteiger partial charge < -0.3 is 4.90 Å². The van der Waals surface area contributed by atoms with Crippen LogP contribution in [0.25, 0.3) is 11.0 Å². The maximum atomic E-state index is 13.8. The Kier molecular flexibility index (Phi) is 4.23. The minimum absolute atomic E-state index is 0.0252. The number of aromatic nitrogens is 2. The molecule has 2 bridgehead atoms. The fourth-order valence-corrected chi connectivity index (χ4v) is 3.91. The lowest BCUT2D eigenvalue weighted by Gasteiger charge is -2.28. The van der Waals surface area contributed by atoms with Crippen molar-refractivity contribution in [3.05, 3.63) is 47.9 Å². The first kappa shape index (κ1) is 18.6. The van der Waals surface area contributed by atoms with Crippen LogP contribution in [0.1, 0.15) is 29.8 Å². The molecule has 0 spiro atoms. The largest absolute Gasteiger partial charge is 0.353 e. The van der Waals surface area contributed by atoms with Crippen LogP contribution < -0.4 is 5.43 Å². The third kappa shape index (κ3) is 3.08. The Labute approximate surface area is 170 Å². The van der Waals surface area contributed by atoms with E-state index in [1.54, 1.807) is 29.2 Å². The summed E-state index contributed by atoms with van der Waals surface area (Å²) in [5.74, 6) is -3.51. The standard InChI is InChI=1S/C20H18F2N6O2/c21-20(22)6-3-8-27(9-7-20)17-16-10-14(25-26-17)18(29)28(16)19(30)15-11-23-12-4-1-2-5-13(12)24-15/h1-2,4-5,10-11,14,25H,3,6-9H2. The van der Waals surface area contributed by atoms with Crippen molar-refractivity contribution in [1.29, 1.82) is 0 Å². The van der Waals surface area contributed by atoms with E-state index in [9.17, 15) is 18.4 Å². The van der Waals surface area contributed by atoms with E-state index in [1.165, 1.54) is 6.20 Å². The summed E-state index contributed by atoms with van der Waals surface area (Å²) >= 11 is 0. The number of halogens is 2. The first-order chi connectivity index (χ1) is 14.4. The molecule has 1 saturated heterocycles. The molecule has 10 heteroatoms. The molecule has 1 unspecified atom stereocenters. The van der Waals surface area contributed by atoms with Crippen LogP contribution in [0.2, 0.25) is 0 Å². The highest BCUT2D eigenvalue weighted by Crippen LogP contribution is 2.31. The predicted molar refractivity (Wildman–Crippen MR) is 104 cm³/mol. The Bertz CT molecular complexity index is 1120. The van der Waals surface area contributed by atoms with Crippen molar-refractivity contribution in [1.82, 2.24) is 25.2 Å². The predicted octanol–water partition coefficient (Wildman–Crippen LogP) is 1.90. The first-order valence-electron chi connectivity index (χ1n) is 9.71. The monoisotopic (exact) mass is 412 g/mol. The lowest BCUT2D eigenvalue weighted by Crippen LogP contribution is -2.42. The first-order valence-corrected chi connectivity index (χ1v) is 9.71. The van der Waals surface area contributed by atoms with Gasteiger partial charge in [-0.3, -0.25) is 20.0 Å². The van der Waals surface area contributed by atoms with Gasteiger partial charge in [0.25, 0.3) is 11.8 Å². The van der Waals surface area contributed by atoms with Crippen LogP contribution in [0.3, 0.4) is 0 Å². The van der Waals surface area contributed by atoms with Gasteiger partial charge in [0.05, 0.1) is 22.9 Å². The third-order valence-corrected chi connectivity index (χ3v) is 5.48. The van der Waals surface area contributed by atoms with E-state index in [0.29, 0.717) is 35.5 Å². The highest BCUT2D eigenvalue weighted by molar-refractivity contribution is 6.17. The average molecular weight is 412 g/mol. The number of carbonyl (C=O) groups excluding carboxylic acids is 2. The fraction of sp³-hybridized carbons (Fsp3) is 0.350. The minimum atomic E-state index is -2.73.